The molecule has 9 nitrogen and oxygen atoms in total. The third-order valence-corrected chi connectivity index (χ3v) is 8.84. The molecule has 0 heterocycles. The summed E-state index contributed by atoms with van der Waals surface area (Å²) in [4.78, 5) is 28.9. The Bertz CT molecular complexity index is 1670. The first-order valence-corrected chi connectivity index (χ1v) is 15.2. The summed E-state index contributed by atoms with van der Waals surface area (Å²) >= 11 is 0. The van der Waals surface area contributed by atoms with Gasteiger partial charge in [0, 0.05) is 26.1 Å². The molecule has 4 rings (SSSR count). The van der Waals surface area contributed by atoms with Crippen molar-refractivity contribution in [2.24, 2.45) is 0 Å². The van der Waals surface area contributed by atoms with Crippen LogP contribution in [-0.4, -0.2) is 59.0 Å². The largest absolute Gasteiger partial charge is 0.493 e. The minimum Gasteiger partial charge on any atom is -0.493 e. The first-order chi connectivity index (χ1) is 21.2. The zero-order valence-corrected chi connectivity index (χ0v) is 25.5. The fraction of sp³-hybridized carbons (Fsp3) is 0.212. The van der Waals surface area contributed by atoms with E-state index in [-0.39, 0.29) is 29.3 Å². The summed E-state index contributed by atoms with van der Waals surface area (Å²) in [5.74, 6) is -0.894. The van der Waals surface area contributed by atoms with Gasteiger partial charge in [0.2, 0.25) is 11.8 Å². The van der Waals surface area contributed by atoms with Gasteiger partial charge >= 0.3 is 0 Å². The molecule has 0 aliphatic rings. The Morgan fingerprint density at radius 1 is 0.818 bits per heavy atom. The average Bonchev–Trinajstić information content (AvgIpc) is 3.06. The third-order valence-electron chi connectivity index (χ3n) is 7.05. The van der Waals surface area contributed by atoms with E-state index < -0.39 is 40.2 Å². The molecule has 0 unspecified atom stereocenters. The van der Waals surface area contributed by atoms with E-state index in [4.69, 9.17) is 9.47 Å². The van der Waals surface area contributed by atoms with Gasteiger partial charge in [0.05, 0.1) is 24.8 Å². The van der Waals surface area contributed by atoms with Gasteiger partial charge < -0.3 is 19.7 Å². The summed E-state index contributed by atoms with van der Waals surface area (Å²) in [5.41, 5.74) is 1.51. The maximum absolute atomic E-state index is 14.3. The van der Waals surface area contributed by atoms with Crippen LogP contribution in [0.5, 0.6) is 11.5 Å². The number of carbonyl (C=O) groups excluding carboxylic acids is 2. The average molecular weight is 620 g/mol. The Labute approximate surface area is 256 Å². The van der Waals surface area contributed by atoms with Gasteiger partial charge in [0.1, 0.15) is 18.4 Å². The molecule has 4 aromatic carbocycles. The number of nitrogens with zero attached hydrogens (tertiary/aromatic N) is 2. The molecule has 0 radical (unpaired) electrons. The van der Waals surface area contributed by atoms with Crippen LogP contribution in [0.3, 0.4) is 0 Å². The number of anilines is 1. The Kier molecular flexibility index (Phi) is 10.6. The molecular formula is C33H34FN3O6S. The molecule has 230 valence electrons. The van der Waals surface area contributed by atoms with Crippen LogP contribution >= 0.6 is 0 Å². The summed E-state index contributed by atoms with van der Waals surface area (Å²) in [6.07, 6.45) is 0.162. The number of halogens is 1. The lowest BCUT2D eigenvalue weighted by Crippen LogP contribution is -2.53. The van der Waals surface area contributed by atoms with E-state index in [1.807, 2.05) is 30.3 Å². The van der Waals surface area contributed by atoms with E-state index >= 15 is 0 Å². The Balaban J connectivity index is 1.81. The molecule has 0 fully saturated rings. The standard InChI is InChI=1S/C33H34FN3O6S/c1-35-33(39)29(20-24-10-6-4-7-11-24)36(22-25-14-16-26(34)17-15-25)32(38)23-37(44(40,41)28-12-8-5-9-13-28)27-18-19-30(42-2)31(21-27)43-3/h4-19,21,29H,20,22-23H2,1-3H3,(H,35,39)/t29-/m1/s1. The highest BCUT2D eigenvalue weighted by Crippen LogP contribution is 2.34. The summed E-state index contributed by atoms with van der Waals surface area (Å²) < 4.78 is 53.6. The molecule has 0 spiro atoms. The van der Waals surface area contributed by atoms with Crippen molar-refractivity contribution in [2.45, 2.75) is 23.9 Å². The number of methoxy groups -OCH3 is 2. The highest BCUT2D eigenvalue weighted by atomic mass is 32.2. The molecule has 0 saturated heterocycles. The molecule has 44 heavy (non-hydrogen) atoms. The van der Waals surface area contributed by atoms with Crippen LogP contribution in [0.15, 0.2) is 108 Å². The normalized spacial score (nSPS) is 11.7. The quantitative estimate of drug-likeness (QED) is 0.238. The molecule has 0 aromatic heterocycles. The van der Waals surface area contributed by atoms with Crippen molar-refractivity contribution in [2.75, 3.05) is 32.1 Å². The van der Waals surface area contributed by atoms with E-state index in [9.17, 15) is 22.4 Å². The second-order valence-corrected chi connectivity index (χ2v) is 11.7. The number of nitrogens with one attached hydrogen (secondary N) is 1. The van der Waals surface area contributed by atoms with Crippen LogP contribution in [0.1, 0.15) is 11.1 Å². The van der Waals surface area contributed by atoms with Crippen molar-refractivity contribution in [3.8, 4) is 11.5 Å². The Hall–Kier alpha value is -4.90. The predicted octanol–water partition coefficient (Wildman–Crippen LogP) is 4.42. The zero-order chi connectivity index (χ0) is 31.7. The van der Waals surface area contributed by atoms with Crippen molar-refractivity contribution in [1.29, 1.82) is 0 Å². The highest BCUT2D eigenvalue weighted by molar-refractivity contribution is 7.92. The van der Waals surface area contributed by atoms with Crippen LogP contribution in [-0.2, 0) is 32.6 Å². The van der Waals surface area contributed by atoms with Crippen LogP contribution < -0.4 is 19.1 Å². The van der Waals surface area contributed by atoms with Crippen LogP contribution in [0.4, 0.5) is 10.1 Å². The van der Waals surface area contributed by atoms with Crippen molar-refractivity contribution < 1.29 is 31.9 Å². The van der Waals surface area contributed by atoms with Gasteiger partial charge in [-0.2, -0.15) is 0 Å². The van der Waals surface area contributed by atoms with Crippen LogP contribution in [0.25, 0.3) is 0 Å². The molecule has 0 saturated carbocycles. The van der Waals surface area contributed by atoms with Gasteiger partial charge in [-0.25, -0.2) is 12.8 Å². The van der Waals surface area contributed by atoms with E-state index in [1.54, 1.807) is 24.3 Å². The Morgan fingerprint density at radius 2 is 1.43 bits per heavy atom. The molecule has 11 heteroatoms. The third kappa shape index (κ3) is 7.54. The molecule has 0 bridgehead atoms. The number of rotatable bonds is 13. The van der Waals surface area contributed by atoms with Gasteiger partial charge in [-0.05, 0) is 47.5 Å². The number of hydrogen-bond donors (Lipinski definition) is 1. The minimum atomic E-state index is -4.28. The number of likely N-dealkylation sites (N-methyl/N-ethyl adjacent to an activating group) is 1. The summed E-state index contributed by atoms with van der Waals surface area (Å²) in [7, 11) is 0.0704. The second-order valence-electron chi connectivity index (χ2n) is 9.83. The molecule has 1 N–H and O–H groups in total. The van der Waals surface area contributed by atoms with Crippen molar-refractivity contribution in [3.05, 3.63) is 120 Å². The molecule has 0 aliphatic heterocycles. The fourth-order valence-electron chi connectivity index (χ4n) is 4.74. The first-order valence-electron chi connectivity index (χ1n) is 13.8. The van der Waals surface area contributed by atoms with Crippen LogP contribution in [0.2, 0.25) is 0 Å². The second kappa shape index (κ2) is 14.5. The van der Waals surface area contributed by atoms with Gasteiger partial charge in [0.15, 0.2) is 11.5 Å². The first kappa shape index (κ1) is 32.0. The van der Waals surface area contributed by atoms with Gasteiger partial charge in [-0.1, -0.05) is 60.7 Å². The lowest BCUT2D eigenvalue weighted by Gasteiger charge is -2.33. The monoisotopic (exact) mass is 619 g/mol. The van der Waals surface area contributed by atoms with E-state index in [1.165, 1.54) is 74.7 Å². The molecular weight excluding hydrogens is 585 g/mol. The number of carbonyl (C=O) groups is 2. The molecule has 1 atom stereocenters. The summed E-state index contributed by atoms with van der Waals surface area (Å²) in [5, 5.41) is 2.63. The maximum atomic E-state index is 14.3. The number of sulfonamides is 1. The van der Waals surface area contributed by atoms with Gasteiger partial charge in [0.25, 0.3) is 10.0 Å². The zero-order valence-electron chi connectivity index (χ0n) is 24.6. The highest BCUT2D eigenvalue weighted by Gasteiger charge is 2.34. The van der Waals surface area contributed by atoms with E-state index in [0.717, 1.165) is 9.87 Å². The van der Waals surface area contributed by atoms with Crippen molar-refractivity contribution in [1.82, 2.24) is 10.2 Å². The summed E-state index contributed by atoms with van der Waals surface area (Å²) in [6, 6.07) is 26.0. The Morgan fingerprint density at radius 3 is 2.02 bits per heavy atom. The number of hydrogen-bond acceptors (Lipinski definition) is 6. The number of ether oxygens (including phenoxy) is 2. The molecule has 4 aromatic rings. The van der Waals surface area contributed by atoms with E-state index in [2.05, 4.69) is 5.32 Å². The van der Waals surface area contributed by atoms with E-state index in [0.29, 0.717) is 11.3 Å². The van der Waals surface area contributed by atoms with Crippen LogP contribution in [0, 0.1) is 5.82 Å². The SMILES string of the molecule is CNC(=O)[C@@H](Cc1ccccc1)N(Cc1ccc(F)cc1)C(=O)CN(c1ccc(OC)c(OC)c1)S(=O)(=O)c1ccccc1. The van der Waals surface area contributed by atoms with Gasteiger partial charge in [-0.3, -0.25) is 13.9 Å². The predicted molar refractivity (Wildman–Crippen MR) is 165 cm³/mol. The summed E-state index contributed by atoms with van der Waals surface area (Å²) in [6.45, 7) is -0.717. The lowest BCUT2D eigenvalue weighted by molar-refractivity contribution is -0.139. The molecule has 0 aliphatic carbocycles. The number of amides is 2. The van der Waals surface area contributed by atoms with Gasteiger partial charge in [-0.15, -0.1) is 0 Å². The lowest BCUT2D eigenvalue weighted by atomic mass is 10.0. The minimum absolute atomic E-state index is 0.0280. The topological polar surface area (TPSA) is 105 Å². The van der Waals surface area contributed by atoms with Crippen molar-refractivity contribution >= 4 is 27.5 Å². The molecule has 2 amide bonds. The number of benzene rings is 4. The smallest absolute Gasteiger partial charge is 0.264 e. The fourth-order valence-corrected chi connectivity index (χ4v) is 6.16. The maximum Gasteiger partial charge on any atom is 0.264 e. The van der Waals surface area contributed by atoms with Crippen molar-refractivity contribution in [3.63, 3.8) is 0 Å².